The topological polar surface area (TPSA) is 92.4 Å². The molecule has 6 nitrogen and oxygen atoms in total. The average molecular weight is 214 g/mol. The number of carbonyl (C=O) groups excluding carboxylic acids is 1. The summed E-state index contributed by atoms with van der Waals surface area (Å²) in [4.78, 5) is 25.5. The van der Waals surface area contributed by atoms with Crippen molar-refractivity contribution in [3.8, 4) is 5.88 Å². The number of thioether (sulfide) groups is 1. The second-order valence-corrected chi connectivity index (χ2v) is 3.96. The largest absolute Gasteiger partial charge is 0.492 e. The van der Waals surface area contributed by atoms with Crippen LogP contribution in [0.25, 0.3) is 0 Å². The molecule has 1 aliphatic heterocycles. The average Bonchev–Trinajstić information content (AvgIpc) is 2.53. The van der Waals surface area contributed by atoms with Crippen molar-refractivity contribution in [2.75, 3.05) is 0 Å². The molecule has 0 radical (unpaired) electrons. The van der Waals surface area contributed by atoms with Crippen LogP contribution in [0.2, 0.25) is 0 Å². The zero-order valence-corrected chi connectivity index (χ0v) is 7.69. The van der Waals surface area contributed by atoms with Gasteiger partial charge in [-0.25, -0.2) is 0 Å². The molecule has 0 amide bonds. The van der Waals surface area contributed by atoms with E-state index in [1.165, 1.54) is 10.8 Å². The molecule has 7 heteroatoms. The van der Waals surface area contributed by atoms with E-state index in [-0.39, 0.29) is 18.2 Å². The molecule has 0 spiro atoms. The van der Waals surface area contributed by atoms with E-state index in [1.54, 1.807) is 0 Å². The summed E-state index contributed by atoms with van der Waals surface area (Å²) in [7, 11) is 0. The van der Waals surface area contributed by atoms with Gasteiger partial charge < -0.3 is 10.2 Å². The van der Waals surface area contributed by atoms with Gasteiger partial charge in [-0.05, 0) is 0 Å². The minimum absolute atomic E-state index is 0.227. The molecule has 0 fully saturated rings. The molecule has 0 saturated carbocycles. The molecule has 1 aliphatic rings. The maximum absolute atomic E-state index is 11.5. The van der Waals surface area contributed by atoms with E-state index in [1.807, 2.05) is 0 Å². The number of hydrogen-bond acceptors (Lipinski definition) is 5. The van der Waals surface area contributed by atoms with Crippen LogP contribution in [0.4, 0.5) is 0 Å². The Morgan fingerprint density at radius 3 is 3.00 bits per heavy atom. The molecule has 0 bridgehead atoms. The van der Waals surface area contributed by atoms with E-state index >= 15 is 0 Å². The van der Waals surface area contributed by atoms with Crippen LogP contribution in [-0.4, -0.2) is 36.9 Å². The summed E-state index contributed by atoms with van der Waals surface area (Å²) in [5.41, 5.74) is 0. The summed E-state index contributed by atoms with van der Waals surface area (Å²) in [6.45, 7) is 0. The number of carboxylic acid groups (broad SMARTS) is 1. The number of fused-ring (bicyclic) bond motifs is 1. The Hall–Kier alpha value is -1.50. The molecule has 14 heavy (non-hydrogen) atoms. The molecule has 1 aromatic heterocycles. The molecular weight excluding hydrogens is 208 g/mol. The normalized spacial score (nSPS) is 19.7. The van der Waals surface area contributed by atoms with Gasteiger partial charge in [0, 0.05) is 0 Å². The number of aromatic hydroxyl groups is 1. The lowest BCUT2D eigenvalue weighted by Crippen LogP contribution is -2.20. The van der Waals surface area contributed by atoms with Gasteiger partial charge in [-0.15, -0.1) is 0 Å². The van der Waals surface area contributed by atoms with Crippen molar-refractivity contribution in [2.24, 2.45) is 0 Å². The number of aromatic nitrogens is 2. The highest BCUT2D eigenvalue weighted by Crippen LogP contribution is 2.34. The van der Waals surface area contributed by atoms with Crippen LogP contribution in [0.5, 0.6) is 5.88 Å². The summed E-state index contributed by atoms with van der Waals surface area (Å²) in [5, 5.41) is 17.2. The van der Waals surface area contributed by atoms with Crippen LogP contribution in [0.3, 0.4) is 0 Å². The molecule has 2 heterocycles. The first-order valence-corrected chi connectivity index (χ1v) is 4.67. The zero-order valence-electron chi connectivity index (χ0n) is 6.88. The molecule has 1 aromatic rings. The number of hydrogen-bond donors (Lipinski definition) is 2. The van der Waals surface area contributed by atoms with Gasteiger partial charge >= 0.3 is 5.97 Å². The number of imidazole rings is 1. The lowest BCUT2D eigenvalue weighted by molar-refractivity contribution is -0.136. The van der Waals surface area contributed by atoms with E-state index in [2.05, 4.69) is 4.98 Å². The maximum atomic E-state index is 11.5. The Morgan fingerprint density at radius 1 is 1.71 bits per heavy atom. The van der Waals surface area contributed by atoms with Crippen LogP contribution in [0, 0.1) is 0 Å². The SMILES string of the molecule is O=C(O)C[C@@H]1Sc2nc(O)cn2C1=O. The van der Waals surface area contributed by atoms with E-state index in [0.717, 1.165) is 11.8 Å². The third-order valence-electron chi connectivity index (χ3n) is 1.78. The predicted molar refractivity (Wildman–Crippen MR) is 46.4 cm³/mol. The van der Waals surface area contributed by atoms with Crippen molar-refractivity contribution in [1.29, 1.82) is 0 Å². The Kier molecular flexibility index (Phi) is 1.95. The lowest BCUT2D eigenvalue weighted by Gasteiger charge is -2.00. The first-order valence-electron chi connectivity index (χ1n) is 3.79. The monoisotopic (exact) mass is 214 g/mol. The minimum Gasteiger partial charge on any atom is -0.492 e. The van der Waals surface area contributed by atoms with Crippen molar-refractivity contribution < 1.29 is 19.8 Å². The van der Waals surface area contributed by atoms with Crippen LogP contribution in [0.1, 0.15) is 11.2 Å². The van der Waals surface area contributed by atoms with E-state index in [4.69, 9.17) is 10.2 Å². The van der Waals surface area contributed by atoms with Crippen LogP contribution >= 0.6 is 11.8 Å². The Bertz CT molecular complexity index is 414. The zero-order chi connectivity index (χ0) is 10.3. The molecule has 2 rings (SSSR count). The van der Waals surface area contributed by atoms with E-state index < -0.39 is 11.2 Å². The van der Waals surface area contributed by atoms with Gasteiger partial charge in [-0.3, -0.25) is 14.2 Å². The number of nitrogens with zero attached hydrogens (tertiary/aromatic N) is 2. The first kappa shape index (κ1) is 9.07. The fourth-order valence-corrected chi connectivity index (χ4v) is 2.31. The van der Waals surface area contributed by atoms with Gasteiger partial charge in [-0.2, -0.15) is 4.98 Å². The van der Waals surface area contributed by atoms with Crippen LogP contribution in [-0.2, 0) is 4.79 Å². The summed E-state index contributed by atoms with van der Waals surface area (Å²) in [5.74, 6) is -1.60. The van der Waals surface area contributed by atoms with Gasteiger partial charge in [-0.1, -0.05) is 11.8 Å². The van der Waals surface area contributed by atoms with Crippen molar-refractivity contribution in [3.63, 3.8) is 0 Å². The number of rotatable bonds is 2. The smallest absolute Gasteiger partial charge is 0.305 e. The van der Waals surface area contributed by atoms with Crippen molar-refractivity contribution in [2.45, 2.75) is 16.8 Å². The number of carboxylic acids is 1. The third kappa shape index (κ3) is 1.35. The van der Waals surface area contributed by atoms with Gasteiger partial charge in [0.2, 0.25) is 11.8 Å². The Balaban J connectivity index is 2.22. The highest BCUT2D eigenvalue weighted by molar-refractivity contribution is 8.00. The van der Waals surface area contributed by atoms with Crippen molar-refractivity contribution >= 4 is 23.6 Å². The minimum atomic E-state index is -1.02. The molecule has 0 unspecified atom stereocenters. The molecule has 0 saturated heterocycles. The highest BCUT2D eigenvalue weighted by atomic mass is 32.2. The molecule has 0 aromatic carbocycles. The summed E-state index contributed by atoms with van der Waals surface area (Å²) >= 11 is 1.05. The van der Waals surface area contributed by atoms with Gasteiger partial charge in [0.1, 0.15) is 5.25 Å². The second kappa shape index (κ2) is 3.02. The van der Waals surface area contributed by atoms with Gasteiger partial charge in [0.05, 0.1) is 12.6 Å². The fourth-order valence-electron chi connectivity index (χ4n) is 1.21. The molecular formula is C7H6N2O4S. The van der Waals surface area contributed by atoms with Crippen molar-refractivity contribution in [3.05, 3.63) is 6.20 Å². The first-order chi connectivity index (χ1) is 6.58. The Labute approximate surface area is 82.6 Å². The highest BCUT2D eigenvalue weighted by Gasteiger charge is 2.34. The molecule has 74 valence electrons. The van der Waals surface area contributed by atoms with Gasteiger partial charge in [0.25, 0.3) is 0 Å². The van der Waals surface area contributed by atoms with E-state index in [0.29, 0.717) is 5.16 Å². The summed E-state index contributed by atoms with van der Waals surface area (Å²) in [6.07, 6.45) is 0.958. The van der Waals surface area contributed by atoms with Crippen LogP contribution in [0.15, 0.2) is 11.4 Å². The fraction of sp³-hybridized carbons (Fsp3) is 0.286. The molecule has 2 N–H and O–H groups in total. The number of carbonyl (C=O) groups is 2. The lowest BCUT2D eigenvalue weighted by atomic mass is 10.3. The third-order valence-corrected chi connectivity index (χ3v) is 2.93. The molecule has 1 atom stereocenters. The molecule has 0 aliphatic carbocycles. The maximum Gasteiger partial charge on any atom is 0.305 e. The summed E-state index contributed by atoms with van der Waals surface area (Å²) in [6, 6.07) is 0. The van der Waals surface area contributed by atoms with Crippen LogP contribution < -0.4 is 0 Å². The number of aliphatic carboxylic acids is 1. The second-order valence-electron chi connectivity index (χ2n) is 2.79. The summed E-state index contributed by atoms with van der Waals surface area (Å²) < 4.78 is 1.17. The van der Waals surface area contributed by atoms with Crippen molar-refractivity contribution in [1.82, 2.24) is 9.55 Å². The standard InChI is InChI=1S/C7H6N2O4S/c10-4-2-9-6(13)3(1-5(11)12)14-7(9)8-4/h2-3,10H,1H2,(H,11,12)/t3-/m0/s1. The quantitative estimate of drug-likeness (QED) is 0.729. The van der Waals surface area contributed by atoms with E-state index in [9.17, 15) is 9.59 Å². The predicted octanol–water partition coefficient (Wildman–Crippen LogP) is 0.178. The van der Waals surface area contributed by atoms with Gasteiger partial charge in [0.15, 0.2) is 5.16 Å². The Morgan fingerprint density at radius 2 is 2.43 bits per heavy atom.